The summed E-state index contributed by atoms with van der Waals surface area (Å²) in [7, 11) is 1.64. The topological polar surface area (TPSA) is 41.9 Å². The summed E-state index contributed by atoms with van der Waals surface area (Å²) in [6, 6.07) is 13.4. The second-order valence-electron chi connectivity index (χ2n) is 5.77. The Bertz CT molecular complexity index is 622. The van der Waals surface area contributed by atoms with Crippen molar-refractivity contribution in [3.8, 4) is 5.75 Å². The molecule has 0 aliphatic rings. The van der Waals surface area contributed by atoms with Crippen LogP contribution in [0.5, 0.6) is 5.75 Å². The van der Waals surface area contributed by atoms with E-state index in [0.29, 0.717) is 37.0 Å². The van der Waals surface area contributed by atoms with Gasteiger partial charge >= 0.3 is 0 Å². The van der Waals surface area contributed by atoms with Crippen molar-refractivity contribution in [1.82, 2.24) is 4.90 Å². The summed E-state index contributed by atoms with van der Waals surface area (Å²) >= 11 is 5.83. The molecule has 0 fully saturated rings. The number of aliphatic hydroxyl groups excluding tert-OH is 1. The molecule has 0 heterocycles. The van der Waals surface area contributed by atoms with Crippen molar-refractivity contribution in [2.45, 2.75) is 12.6 Å². The average molecular weight is 368 g/mol. The van der Waals surface area contributed by atoms with E-state index < -0.39 is 6.10 Å². The number of nitrogens with zero attached hydrogens (tertiary/aromatic N) is 1. The number of ether oxygens (including phenoxy) is 2. The lowest BCUT2D eigenvalue weighted by Crippen LogP contribution is -2.37. The fourth-order valence-electron chi connectivity index (χ4n) is 2.38. The van der Waals surface area contributed by atoms with Crippen molar-refractivity contribution < 1.29 is 19.0 Å². The summed E-state index contributed by atoms with van der Waals surface area (Å²) < 4.78 is 23.7. The van der Waals surface area contributed by atoms with Crippen LogP contribution in [0, 0.1) is 5.82 Å². The van der Waals surface area contributed by atoms with Crippen molar-refractivity contribution >= 4 is 11.6 Å². The molecule has 6 heteroatoms. The van der Waals surface area contributed by atoms with E-state index in [2.05, 4.69) is 0 Å². The van der Waals surface area contributed by atoms with Gasteiger partial charge in [-0.1, -0.05) is 23.7 Å². The first-order valence-corrected chi connectivity index (χ1v) is 8.47. The Balaban J connectivity index is 1.86. The fourth-order valence-corrected chi connectivity index (χ4v) is 2.50. The molecule has 2 aromatic carbocycles. The van der Waals surface area contributed by atoms with Gasteiger partial charge in [-0.15, -0.1) is 0 Å². The Morgan fingerprint density at radius 1 is 1.12 bits per heavy atom. The van der Waals surface area contributed by atoms with Crippen molar-refractivity contribution in [3.63, 3.8) is 0 Å². The molecule has 136 valence electrons. The van der Waals surface area contributed by atoms with Gasteiger partial charge in [0.15, 0.2) is 0 Å². The van der Waals surface area contributed by atoms with E-state index in [1.807, 2.05) is 4.90 Å². The molecule has 0 aliphatic heterocycles. The molecule has 1 atom stereocenters. The highest BCUT2D eigenvalue weighted by Gasteiger charge is 2.13. The van der Waals surface area contributed by atoms with E-state index in [-0.39, 0.29) is 12.4 Å². The van der Waals surface area contributed by atoms with Crippen LogP contribution in [0.25, 0.3) is 0 Å². The lowest BCUT2D eigenvalue weighted by atomic mass is 10.2. The van der Waals surface area contributed by atoms with Crippen molar-refractivity contribution in [3.05, 3.63) is 64.9 Å². The summed E-state index contributed by atoms with van der Waals surface area (Å²) in [4.78, 5) is 2.05. The normalized spacial score (nSPS) is 12.4. The Morgan fingerprint density at radius 3 is 2.44 bits per heavy atom. The second kappa shape index (κ2) is 10.4. The molecule has 0 saturated carbocycles. The first-order chi connectivity index (χ1) is 12.1. The first kappa shape index (κ1) is 19.7. The highest BCUT2D eigenvalue weighted by atomic mass is 35.5. The number of hydrogen-bond acceptors (Lipinski definition) is 4. The minimum atomic E-state index is -0.659. The van der Waals surface area contributed by atoms with E-state index in [1.165, 1.54) is 12.1 Å². The standard InChI is InChI=1S/C19H23ClFNO3/c1-24-11-10-22(12-15-2-6-17(21)7-3-15)13-18(23)14-25-19-8-4-16(20)5-9-19/h2-9,18,23H,10-14H2,1H3/t18-/m1/s1. The van der Waals surface area contributed by atoms with E-state index in [9.17, 15) is 9.50 Å². The molecular weight excluding hydrogens is 345 g/mol. The highest BCUT2D eigenvalue weighted by molar-refractivity contribution is 6.30. The van der Waals surface area contributed by atoms with Crippen LogP contribution in [0.4, 0.5) is 4.39 Å². The van der Waals surface area contributed by atoms with Gasteiger partial charge in [0, 0.05) is 31.8 Å². The van der Waals surface area contributed by atoms with E-state index in [4.69, 9.17) is 21.1 Å². The minimum absolute atomic E-state index is 0.175. The molecule has 0 spiro atoms. The molecule has 0 radical (unpaired) electrons. The molecule has 4 nitrogen and oxygen atoms in total. The summed E-state index contributed by atoms with van der Waals surface area (Å²) in [5.41, 5.74) is 0.975. The lowest BCUT2D eigenvalue weighted by molar-refractivity contribution is 0.0542. The largest absolute Gasteiger partial charge is 0.491 e. The first-order valence-electron chi connectivity index (χ1n) is 8.09. The van der Waals surface area contributed by atoms with Gasteiger partial charge in [0.05, 0.1) is 6.61 Å². The molecular formula is C19H23ClFNO3. The molecule has 0 saturated heterocycles. The van der Waals surface area contributed by atoms with Gasteiger partial charge < -0.3 is 14.6 Å². The van der Waals surface area contributed by atoms with Gasteiger partial charge in [-0.2, -0.15) is 0 Å². The molecule has 0 unspecified atom stereocenters. The summed E-state index contributed by atoms with van der Waals surface area (Å²) in [6.07, 6.45) is -0.659. The molecule has 0 bridgehead atoms. The SMILES string of the molecule is COCCN(Cc1ccc(F)cc1)C[C@@H](O)COc1ccc(Cl)cc1. The van der Waals surface area contributed by atoms with Crippen LogP contribution >= 0.6 is 11.6 Å². The van der Waals surface area contributed by atoms with Gasteiger partial charge in [0.2, 0.25) is 0 Å². The molecule has 2 rings (SSSR count). The summed E-state index contributed by atoms with van der Waals surface area (Å²) in [5, 5.41) is 10.9. The zero-order chi connectivity index (χ0) is 18.1. The summed E-state index contributed by atoms with van der Waals surface area (Å²) in [6.45, 7) is 2.41. The van der Waals surface area contributed by atoms with Crippen LogP contribution < -0.4 is 4.74 Å². The molecule has 0 aromatic heterocycles. The number of halogens is 2. The monoisotopic (exact) mass is 367 g/mol. The molecule has 25 heavy (non-hydrogen) atoms. The quantitative estimate of drug-likeness (QED) is 0.699. The number of methoxy groups -OCH3 is 1. The predicted molar refractivity (Wildman–Crippen MR) is 96.5 cm³/mol. The Hall–Kier alpha value is -1.66. The number of rotatable bonds is 10. The van der Waals surface area contributed by atoms with Crippen LogP contribution in [0.2, 0.25) is 5.02 Å². The predicted octanol–water partition coefficient (Wildman–Crippen LogP) is 3.37. The maximum absolute atomic E-state index is 13.0. The number of hydrogen-bond donors (Lipinski definition) is 1. The van der Waals surface area contributed by atoms with Crippen LogP contribution in [0.3, 0.4) is 0 Å². The van der Waals surface area contributed by atoms with Crippen LogP contribution in [0.15, 0.2) is 48.5 Å². The van der Waals surface area contributed by atoms with E-state index in [1.54, 1.807) is 43.5 Å². The third kappa shape index (κ3) is 7.40. The van der Waals surface area contributed by atoms with Gasteiger partial charge in [0.25, 0.3) is 0 Å². The van der Waals surface area contributed by atoms with Crippen LogP contribution in [-0.4, -0.2) is 49.5 Å². The maximum Gasteiger partial charge on any atom is 0.123 e. The van der Waals surface area contributed by atoms with Crippen molar-refractivity contribution in [2.24, 2.45) is 0 Å². The summed E-state index contributed by atoms with van der Waals surface area (Å²) in [5.74, 6) is 0.397. The van der Waals surface area contributed by atoms with Crippen molar-refractivity contribution in [1.29, 1.82) is 0 Å². The zero-order valence-electron chi connectivity index (χ0n) is 14.2. The van der Waals surface area contributed by atoms with Crippen molar-refractivity contribution in [2.75, 3.05) is 33.4 Å². The van der Waals surface area contributed by atoms with Crippen LogP contribution in [0.1, 0.15) is 5.56 Å². The average Bonchev–Trinajstić information content (AvgIpc) is 2.61. The zero-order valence-corrected chi connectivity index (χ0v) is 15.0. The third-order valence-corrected chi connectivity index (χ3v) is 3.91. The van der Waals surface area contributed by atoms with E-state index in [0.717, 1.165) is 5.56 Å². The number of benzene rings is 2. The molecule has 2 aromatic rings. The molecule has 0 aliphatic carbocycles. The fraction of sp³-hybridized carbons (Fsp3) is 0.368. The Labute approximate surface area is 152 Å². The van der Waals surface area contributed by atoms with E-state index >= 15 is 0 Å². The Morgan fingerprint density at radius 2 is 1.80 bits per heavy atom. The smallest absolute Gasteiger partial charge is 0.123 e. The van der Waals surface area contributed by atoms with Gasteiger partial charge in [-0.3, -0.25) is 4.90 Å². The molecule has 0 amide bonds. The highest BCUT2D eigenvalue weighted by Crippen LogP contribution is 2.16. The number of aliphatic hydroxyl groups is 1. The van der Waals surface area contributed by atoms with Gasteiger partial charge in [-0.05, 0) is 42.0 Å². The van der Waals surface area contributed by atoms with Gasteiger partial charge in [0.1, 0.15) is 24.3 Å². The van der Waals surface area contributed by atoms with Crippen LogP contribution in [-0.2, 0) is 11.3 Å². The van der Waals surface area contributed by atoms with Gasteiger partial charge in [-0.25, -0.2) is 4.39 Å². The molecule has 1 N–H and O–H groups in total. The lowest BCUT2D eigenvalue weighted by Gasteiger charge is -2.25. The minimum Gasteiger partial charge on any atom is -0.491 e. The Kier molecular flexibility index (Phi) is 8.15. The second-order valence-corrected chi connectivity index (χ2v) is 6.21. The third-order valence-electron chi connectivity index (χ3n) is 3.66. The maximum atomic E-state index is 13.0.